The van der Waals surface area contributed by atoms with Crippen LogP contribution in [0.3, 0.4) is 0 Å². The molecule has 1 aliphatic rings. The Bertz CT molecular complexity index is 482. The van der Waals surface area contributed by atoms with E-state index < -0.39 is 0 Å². The Hall–Kier alpha value is -0.750. The highest BCUT2D eigenvalue weighted by molar-refractivity contribution is 8.00. The van der Waals surface area contributed by atoms with Crippen molar-refractivity contribution in [1.29, 1.82) is 0 Å². The van der Waals surface area contributed by atoms with Gasteiger partial charge < -0.3 is 10.2 Å². The molecule has 0 aromatic carbocycles. The summed E-state index contributed by atoms with van der Waals surface area (Å²) in [6.07, 6.45) is 1.01. The molecule has 0 spiro atoms. The molecule has 0 bridgehead atoms. The molecule has 0 aliphatic carbocycles. The number of rotatable bonds is 4. The van der Waals surface area contributed by atoms with Crippen molar-refractivity contribution in [3.8, 4) is 0 Å². The number of thiazole rings is 1. The van der Waals surface area contributed by atoms with E-state index in [4.69, 9.17) is 4.99 Å². The third-order valence-electron chi connectivity index (χ3n) is 3.35. The summed E-state index contributed by atoms with van der Waals surface area (Å²) in [6.45, 7) is 12.6. The van der Waals surface area contributed by atoms with Crippen LogP contribution in [-0.4, -0.2) is 46.0 Å². The Labute approximate surface area is 136 Å². The van der Waals surface area contributed by atoms with Crippen LogP contribution < -0.4 is 5.32 Å². The lowest BCUT2D eigenvalue weighted by Crippen LogP contribution is -2.50. The topological polar surface area (TPSA) is 40.5 Å². The second-order valence-electron chi connectivity index (χ2n) is 5.79. The van der Waals surface area contributed by atoms with E-state index in [1.54, 1.807) is 11.3 Å². The van der Waals surface area contributed by atoms with Gasteiger partial charge in [0, 0.05) is 35.5 Å². The van der Waals surface area contributed by atoms with Gasteiger partial charge >= 0.3 is 0 Å². The molecule has 2 rings (SSSR count). The largest absolute Gasteiger partial charge is 0.357 e. The van der Waals surface area contributed by atoms with Crippen molar-refractivity contribution in [2.75, 3.05) is 25.4 Å². The third kappa shape index (κ3) is 4.88. The van der Waals surface area contributed by atoms with Gasteiger partial charge in [0.2, 0.25) is 0 Å². The van der Waals surface area contributed by atoms with Gasteiger partial charge in [-0.25, -0.2) is 9.98 Å². The van der Waals surface area contributed by atoms with E-state index in [1.807, 2.05) is 11.8 Å². The molecule has 0 unspecified atom stereocenters. The van der Waals surface area contributed by atoms with Crippen molar-refractivity contribution in [3.63, 3.8) is 0 Å². The normalized spacial score (nSPS) is 18.9. The van der Waals surface area contributed by atoms with Crippen molar-refractivity contribution >= 4 is 29.1 Å². The predicted octanol–water partition coefficient (Wildman–Crippen LogP) is 3.00. The molecule has 118 valence electrons. The lowest BCUT2D eigenvalue weighted by atomic mass is 10.2. The van der Waals surface area contributed by atoms with Crippen LogP contribution in [0.5, 0.6) is 0 Å². The Balaban J connectivity index is 2.04. The number of hydrogen-bond acceptors (Lipinski definition) is 4. The minimum absolute atomic E-state index is 0.296. The van der Waals surface area contributed by atoms with E-state index in [0.717, 1.165) is 43.5 Å². The standard InChI is InChI=1S/C15H26N4S2/c1-5-13-18-12(10-20-13)9-17-14(16-6-2)19-7-8-21-15(3,4)11-19/h10H,5-9,11H2,1-4H3,(H,16,17). The zero-order chi connectivity index (χ0) is 15.3. The van der Waals surface area contributed by atoms with Crippen molar-refractivity contribution in [2.45, 2.75) is 45.4 Å². The molecule has 1 aliphatic heterocycles. The molecule has 1 saturated heterocycles. The van der Waals surface area contributed by atoms with Crippen LogP contribution in [0.1, 0.15) is 38.4 Å². The van der Waals surface area contributed by atoms with Gasteiger partial charge in [-0.3, -0.25) is 0 Å². The van der Waals surface area contributed by atoms with Gasteiger partial charge in [0.15, 0.2) is 5.96 Å². The molecular formula is C15H26N4S2. The molecule has 0 atom stereocenters. The van der Waals surface area contributed by atoms with E-state index in [9.17, 15) is 0 Å². The maximum Gasteiger partial charge on any atom is 0.194 e. The summed E-state index contributed by atoms with van der Waals surface area (Å²) in [7, 11) is 0. The van der Waals surface area contributed by atoms with Gasteiger partial charge in [-0.05, 0) is 27.2 Å². The first kappa shape index (κ1) is 16.6. The van der Waals surface area contributed by atoms with Gasteiger partial charge in [0.05, 0.1) is 17.2 Å². The summed E-state index contributed by atoms with van der Waals surface area (Å²) in [6, 6.07) is 0. The molecule has 21 heavy (non-hydrogen) atoms. The van der Waals surface area contributed by atoms with Crippen LogP contribution in [-0.2, 0) is 13.0 Å². The lowest BCUT2D eigenvalue weighted by molar-refractivity contribution is 0.375. The van der Waals surface area contributed by atoms with Crippen LogP contribution in [0.2, 0.25) is 0 Å². The average Bonchev–Trinajstić information content (AvgIpc) is 2.90. The number of nitrogens with one attached hydrogen (secondary N) is 1. The van der Waals surface area contributed by atoms with Crippen molar-refractivity contribution in [2.24, 2.45) is 4.99 Å². The van der Waals surface area contributed by atoms with E-state index in [2.05, 4.69) is 48.3 Å². The molecule has 2 heterocycles. The van der Waals surface area contributed by atoms with E-state index in [0.29, 0.717) is 11.3 Å². The molecule has 1 aromatic heterocycles. The van der Waals surface area contributed by atoms with E-state index in [-0.39, 0.29) is 0 Å². The Kier molecular flexibility index (Phi) is 5.93. The predicted molar refractivity (Wildman–Crippen MR) is 94.4 cm³/mol. The fraction of sp³-hybridized carbons (Fsp3) is 0.733. The van der Waals surface area contributed by atoms with Crippen LogP contribution >= 0.6 is 23.1 Å². The van der Waals surface area contributed by atoms with Gasteiger partial charge in [0.25, 0.3) is 0 Å². The second-order valence-corrected chi connectivity index (χ2v) is 8.53. The van der Waals surface area contributed by atoms with Crippen LogP contribution in [0, 0.1) is 0 Å². The van der Waals surface area contributed by atoms with Gasteiger partial charge in [-0.1, -0.05) is 6.92 Å². The Morgan fingerprint density at radius 2 is 2.29 bits per heavy atom. The summed E-state index contributed by atoms with van der Waals surface area (Å²) < 4.78 is 0.296. The van der Waals surface area contributed by atoms with Crippen LogP contribution in [0.15, 0.2) is 10.4 Å². The molecule has 0 radical (unpaired) electrons. The van der Waals surface area contributed by atoms with E-state index >= 15 is 0 Å². The first-order valence-electron chi connectivity index (χ1n) is 7.64. The number of hydrogen-bond donors (Lipinski definition) is 1. The zero-order valence-electron chi connectivity index (χ0n) is 13.5. The molecule has 4 nitrogen and oxygen atoms in total. The SMILES string of the molecule is CCNC(=NCc1csc(CC)n1)N1CCSC(C)(C)C1. The van der Waals surface area contributed by atoms with Crippen molar-refractivity contribution < 1.29 is 0 Å². The van der Waals surface area contributed by atoms with Gasteiger partial charge in [0.1, 0.15) is 0 Å². The first-order valence-corrected chi connectivity index (χ1v) is 9.51. The highest BCUT2D eigenvalue weighted by atomic mass is 32.2. The Morgan fingerprint density at radius 1 is 1.48 bits per heavy atom. The lowest BCUT2D eigenvalue weighted by Gasteiger charge is -2.39. The number of thioether (sulfide) groups is 1. The summed E-state index contributed by atoms with van der Waals surface area (Å²) in [5.74, 6) is 2.19. The summed E-state index contributed by atoms with van der Waals surface area (Å²) in [5.41, 5.74) is 1.08. The second kappa shape index (κ2) is 7.49. The van der Waals surface area contributed by atoms with Crippen LogP contribution in [0.25, 0.3) is 0 Å². The summed E-state index contributed by atoms with van der Waals surface area (Å²) >= 11 is 3.78. The molecule has 0 saturated carbocycles. The van der Waals surface area contributed by atoms with E-state index in [1.165, 1.54) is 5.01 Å². The molecule has 6 heteroatoms. The number of aromatic nitrogens is 1. The minimum Gasteiger partial charge on any atom is -0.357 e. The number of aryl methyl sites for hydroxylation is 1. The monoisotopic (exact) mass is 326 g/mol. The minimum atomic E-state index is 0.296. The third-order valence-corrected chi connectivity index (χ3v) is 5.69. The highest BCUT2D eigenvalue weighted by Gasteiger charge is 2.28. The molecule has 1 N–H and O–H groups in total. The maximum absolute atomic E-state index is 4.79. The summed E-state index contributed by atoms with van der Waals surface area (Å²) in [4.78, 5) is 11.8. The average molecular weight is 327 g/mol. The number of guanidine groups is 1. The van der Waals surface area contributed by atoms with Gasteiger partial charge in [-0.2, -0.15) is 11.8 Å². The number of nitrogens with zero attached hydrogens (tertiary/aromatic N) is 3. The van der Waals surface area contributed by atoms with Crippen LogP contribution in [0.4, 0.5) is 0 Å². The smallest absolute Gasteiger partial charge is 0.194 e. The molecule has 1 fully saturated rings. The quantitative estimate of drug-likeness (QED) is 0.682. The zero-order valence-corrected chi connectivity index (χ0v) is 15.1. The number of aliphatic imine (C=N–C) groups is 1. The fourth-order valence-electron chi connectivity index (χ4n) is 2.36. The van der Waals surface area contributed by atoms with Gasteiger partial charge in [-0.15, -0.1) is 11.3 Å². The maximum atomic E-state index is 4.79. The Morgan fingerprint density at radius 3 is 2.90 bits per heavy atom. The first-order chi connectivity index (χ1) is 10.0. The van der Waals surface area contributed by atoms with Crippen molar-refractivity contribution in [3.05, 3.63) is 16.1 Å². The molecule has 1 aromatic rings. The molecule has 0 amide bonds. The summed E-state index contributed by atoms with van der Waals surface area (Å²) in [5, 5.41) is 6.75. The van der Waals surface area contributed by atoms with Crippen molar-refractivity contribution in [1.82, 2.24) is 15.2 Å². The molecular weight excluding hydrogens is 300 g/mol. The highest BCUT2D eigenvalue weighted by Crippen LogP contribution is 2.29. The fourth-order valence-corrected chi connectivity index (χ4v) is 4.21.